The molecule has 92 valence electrons. The van der Waals surface area contributed by atoms with Gasteiger partial charge in [0.05, 0.1) is 5.60 Å². The molecular formula is C11H20N2O3. The van der Waals surface area contributed by atoms with Gasteiger partial charge in [-0.15, -0.1) is 0 Å². The molecule has 0 radical (unpaired) electrons. The molecule has 2 atom stereocenters. The SMILES string of the molecule is CCCC(C)(O)CNC(=O)[C@@H]1CCC(=O)N1. The summed E-state index contributed by atoms with van der Waals surface area (Å²) in [5, 5.41) is 15.1. The third-order valence-corrected chi connectivity index (χ3v) is 2.74. The number of hydrogen-bond acceptors (Lipinski definition) is 3. The summed E-state index contributed by atoms with van der Waals surface area (Å²) >= 11 is 0. The van der Waals surface area contributed by atoms with Crippen LogP contribution in [-0.2, 0) is 9.59 Å². The van der Waals surface area contributed by atoms with Crippen LogP contribution in [-0.4, -0.2) is 35.1 Å². The third kappa shape index (κ3) is 3.81. The molecule has 0 aromatic heterocycles. The number of carbonyl (C=O) groups is 2. The second-order valence-corrected chi connectivity index (χ2v) is 4.62. The summed E-state index contributed by atoms with van der Waals surface area (Å²) in [5.41, 5.74) is -0.868. The summed E-state index contributed by atoms with van der Waals surface area (Å²) in [4.78, 5) is 22.5. The van der Waals surface area contributed by atoms with Gasteiger partial charge in [-0.05, 0) is 19.8 Å². The van der Waals surface area contributed by atoms with Crippen LogP contribution in [0.4, 0.5) is 0 Å². The van der Waals surface area contributed by atoms with Crippen LogP contribution in [0.15, 0.2) is 0 Å². The van der Waals surface area contributed by atoms with Gasteiger partial charge in [0, 0.05) is 13.0 Å². The van der Waals surface area contributed by atoms with E-state index in [0.717, 1.165) is 6.42 Å². The predicted molar refractivity (Wildman–Crippen MR) is 59.7 cm³/mol. The van der Waals surface area contributed by atoms with Gasteiger partial charge in [0.15, 0.2) is 0 Å². The minimum absolute atomic E-state index is 0.0829. The Hall–Kier alpha value is -1.10. The Balaban J connectivity index is 2.32. The number of amides is 2. The summed E-state index contributed by atoms with van der Waals surface area (Å²) in [6.45, 7) is 3.91. The molecule has 5 heteroatoms. The highest BCUT2D eigenvalue weighted by atomic mass is 16.3. The first kappa shape index (κ1) is 13.0. The van der Waals surface area contributed by atoms with Gasteiger partial charge in [-0.3, -0.25) is 9.59 Å². The van der Waals surface area contributed by atoms with Crippen molar-refractivity contribution in [2.24, 2.45) is 0 Å². The van der Waals surface area contributed by atoms with E-state index >= 15 is 0 Å². The second-order valence-electron chi connectivity index (χ2n) is 4.62. The van der Waals surface area contributed by atoms with E-state index in [4.69, 9.17) is 0 Å². The largest absolute Gasteiger partial charge is 0.388 e. The second kappa shape index (κ2) is 5.30. The van der Waals surface area contributed by atoms with Gasteiger partial charge in [-0.2, -0.15) is 0 Å². The fourth-order valence-corrected chi connectivity index (χ4v) is 1.84. The Bertz CT molecular complexity index is 276. The molecule has 1 aliphatic heterocycles. The Labute approximate surface area is 95.6 Å². The fraction of sp³-hybridized carbons (Fsp3) is 0.818. The van der Waals surface area contributed by atoms with Crippen LogP contribution in [0.2, 0.25) is 0 Å². The lowest BCUT2D eigenvalue weighted by molar-refractivity contribution is -0.126. The van der Waals surface area contributed by atoms with E-state index in [1.807, 2.05) is 6.92 Å². The molecule has 0 aromatic rings. The number of aliphatic hydroxyl groups is 1. The van der Waals surface area contributed by atoms with E-state index in [9.17, 15) is 14.7 Å². The summed E-state index contributed by atoms with van der Waals surface area (Å²) < 4.78 is 0. The van der Waals surface area contributed by atoms with Crippen molar-refractivity contribution in [3.63, 3.8) is 0 Å². The van der Waals surface area contributed by atoms with Gasteiger partial charge >= 0.3 is 0 Å². The maximum atomic E-state index is 11.6. The van der Waals surface area contributed by atoms with Crippen LogP contribution < -0.4 is 10.6 Å². The van der Waals surface area contributed by atoms with Gasteiger partial charge in [-0.1, -0.05) is 13.3 Å². The molecule has 1 aliphatic rings. The molecule has 2 amide bonds. The van der Waals surface area contributed by atoms with Gasteiger partial charge in [0.1, 0.15) is 6.04 Å². The molecule has 0 aliphatic carbocycles. The lowest BCUT2D eigenvalue weighted by Gasteiger charge is -2.23. The predicted octanol–water partition coefficient (Wildman–Crippen LogP) is -0.0677. The Morgan fingerprint density at radius 3 is 2.88 bits per heavy atom. The normalized spacial score (nSPS) is 23.7. The van der Waals surface area contributed by atoms with Gasteiger partial charge < -0.3 is 15.7 Å². The van der Waals surface area contributed by atoms with Crippen LogP contribution in [0, 0.1) is 0 Å². The minimum Gasteiger partial charge on any atom is -0.388 e. The summed E-state index contributed by atoms with van der Waals surface area (Å²) in [6, 6.07) is -0.426. The summed E-state index contributed by atoms with van der Waals surface area (Å²) in [6.07, 6.45) is 2.46. The highest BCUT2D eigenvalue weighted by Gasteiger charge is 2.28. The van der Waals surface area contributed by atoms with E-state index in [1.165, 1.54) is 0 Å². The van der Waals surface area contributed by atoms with E-state index in [2.05, 4.69) is 10.6 Å². The Morgan fingerprint density at radius 2 is 2.38 bits per heavy atom. The molecule has 1 unspecified atom stereocenters. The number of carbonyl (C=O) groups excluding carboxylic acids is 2. The minimum atomic E-state index is -0.868. The highest BCUT2D eigenvalue weighted by Crippen LogP contribution is 2.11. The van der Waals surface area contributed by atoms with Crippen LogP contribution in [0.1, 0.15) is 39.5 Å². The zero-order valence-corrected chi connectivity index (χ0v) is 9.88. The average Bonchev–Trinajstić information content (AvgIpc) is 2.61. The van der Waals surface area contributed by atoms with Crippen molar-refractivity contribution in [2.75, 3.05) is 6.54 Å². The van der Waals surface area contributed by atoms with Crippen molar-refractivity contribution in [3.05, 3.63) is 0 Å². The molecule has 5 nitrogen and oxygen atoms in total. The zero-order valence-electron chi connectivity index (χ0n) is 9.88. The zero-order chi connectivity index (χ0) is 12.2. The van der Waals surface area contributed by atoms with Gasteiger partial charge in [0.2, 0.25) is 11.8 Å². The van der Waals surface area contributed by atoms with Crippen molar-refractivity contribution in [1.82, 2.24) is 10.6 Å². The number of rotatable bonds is 5. The first-order valence-corrected chi connectivity index (χ1v) is 5.74. The molecular weight excluding hydrogens is 208 g/mol. The lowest BCUT2D eigenvalue weighted by Crippen LogP contribution is -2.47. The molecule has 16 heavy (non-hydrogen) atoms. The van der Waals surface area contributed by atoms with Crippen molar-refractivity contribution < 1.29 is 14.7 Å². The maximum absolute atomic E-state index is 11.6. The van der Waals surface area contributed by atoms with E-state index < -0.39 is 11.6 Å². The van der Waals surface area contributed by atoms with Gasteiger partial charge in [0.25, 0.3) is 0 Å². The maximum Gasteiger partial charge on any atom is 0.242 e. The Kier molecular flexibility index (Phi) is 4.29. The molecule has 1 fully saturated rings. The topological polar surface area (TPSA) is 78.4 Å². The van der Waals surface area contributed by atoms with Crippen molar-refractivity contribution in [2.45, 2.75) is 51.2 Å². The van der Waals surface area contributed by atoms with E-state index in [1.54, 1.807) is 6.92 Å². The van der Waals surface area contributed by atoms with Crippen molar-refractivity contribution in [1.29, 1.82) is 0 Å². The summed E-state index contributed by atoms with van der Waals surface area (Å²) in [7, 11) is 0. The van der Waals surface area contributed by atoms with E-state index in [-0.39, 0.29) is 18.4 Å². The molecule has 1 saturated heterocycles. The fourth-order valence-electron chi connectivity index (χ4n) is 1.84. The van der Waals surface area contributed by atoms with Gasteiger partial charge in [-0.25, -0.2) is 0 Å². The molecule has 0 spiro atoms. The third-order valence-electron chi connectivity index (χ3n) is 2.74. The van der Waals surface area contributed by atoms with Crippen LogP contribution in [0.3, 0.4) is 0 Å². The van der Waals surface area contributed by atoms with Crippen LogP contribution in [0.25, 0.3) is 0 Å². The van der Waals surface area contributed by atoms with Crippen molar-refractivity contribution in [3.8, 4) is 0 Å². The standard InChI is InChI=1S/C11H20N2O3/c1-3-6-11(2,16)7-12-10(15)8-4-5-9(14)13-8/h8,16H,3-7H2,1-2H3,(H,12,15)(H,13,14)/t8-,11?/m0/s1. The molecule has 0 saturated carbocycles. The van der Waals surface area contributed by atoms with Crippen LogP contribution >= 0.6 is 0 Å². The molecule has 1 heterocycles. The highest BCUT2D eigenvalue weighted by molar-refractivity contribution is 5.90. The molecule has 0 aromatic carbocycles. The Morgan fingerprint density at radius 1 is 1.69 bits per heavy atom. The summed E-state index contributed by atoms with van der Waals surface area (Å²) in [5.74, 6) is -0.289. The lowest BCUT2D eigenvalue weighted by atomic mass is 10.0. The quantitative estimate of drug-likeness (QED) is 0.616. The average molecular weight is 228 g/mol. The number of nitrogens with one attached hydrogen (secondary N) is 2. The number of hydrogen-bond donors (Lipinski definition) is 3. The van der Waals surface area contributed by atoms with Crippen LogP contribution in [0.5, 0.6) is 0 Å². The molecule has 0 bridgehead atoms. The monoisotopic (exact) mass is 228 g/mol. The molecule has 1 rings (SSSR count). The first-order chi connectivity index (χ1) is 7.44. The smallest absolute Gasteiger partial charge is 0.242 e. The molecule has 3 N–H and O–H groups in total. The van der Waals surface area contributed by atoms with Crippen molar-refractivity contribution >= 4 is 11.8 Å². The van der Waals surface area contributed by atoms with E-state index in [0.29, 0.717) is 19.3 Å². The first-order valence-electron chi connectivity index (χ1n) is 5.74.